The molecule has 22 heavy (non-hydrogen) atoms. The Morgan fingerprint density at radius 2 is 2.18 bits per heavy atom. The largest absolute Gasteiger partial charge is 0.308 e. The summed E-state index contributed by atoms with van der Waals surface area (Å²) in [6.45, 7) is 0.865. The quantitative estimate of drug-likeness (QED) is 0.866. The molecule has 1 fully saturated rings. The van der Waals surface area contributed by atoms with Crippen molar-refractivity contribution in [2.24, 2.45) is 11.8 Å². The van der Waals surface area contributed by atoms with Crippen molar-refractivity contribution in [3.63, 3.8) is 0 Å². The van der Waals surface area contributed by atoms with Gasteiger partial charge in [-0.1, -0.05) is 35.9 Å². The highest BCUT2D eigenvalue weighted by Crippen LogP contribution is 2.43. The van der Waals surface area contributed by atoms with E-state index in [1.807, 2.05) is 40.0 Å². The van der Waals surface area contributed by atoms with Crippen molar-refractivity contribution in [2.45, 2.75) is 12.8 Å². The number of allylic oxidation sites excluding steroid dienone is 2. The van der Waals surface area contributed by atoms with Crippen LogP contribution in [0.4, 0.5) is 0 Å². The molecular weight excluding hydrogens is 296 g/mol. The second-order valence-electron chi connectivity index (χ2n) is 5.73. The van der Waals surface area contributed by atoms with E-state index in [0.29, 0.717) is 10.9 Å². The summed E-state index contributed by atoms with van der Waals surface area (Å²) in [7, 11) is 0. The van der Waals surface area contributed by atoms with Crippen LogP contribution in [0.2, 0.25) is 5.02 Å². The van der Waals surface area contributed by atoms with Crippen molar-refractivity contribution in [1.82, 2.24) is 14.6 Å². The Balaban J connectivity index is 1.99. The van der Waals surface area contributed by atoms with Crippen LogP contribution in [0.15, 0.2) is 60.3 Å². The van der Waals surface area contributed by atoms with E-state index in [1.165, 1.54) is 12.0 Å². The first-order chi connectivity index (χ1) is 10.8. The summed E-state index contributed by atoms with van der Waals surface area (Å²) < 4.78 is 2.00. The topological polar surface area (TPSA) is 47.1 Å². The molecular formula is C17H17ClN4. The van der Waals surface area contributed by atoms with Crippen LogP contribution in [0.25, 0.3) is 5.70 Å². The van der Waals surface area contributed by atoms with Gasteiger partial charge in [-0.25, -0.2) is 10.8 Å². The average Bonchev–Trinajstić information content (AvgIpc) is 3.21. The highest BCUT2D eigenvalue weighted by molar-refractivity contribution is 6.32. The molecule has 2 aliphatic rings. The molecule has 1 unspecified atom stereocenters. The number of hydrogen-bond donors (Lipinski definition) is 1. The Bertz CT molecular complexity index is 761. The molecule has 0 spiro atoms. The van der Waals surface area contributed by atoms with Gasteiger partial charge in [0.05, 0.1) is 17.7 Å². The van der Waals surface area contributed by atoms with Crippen molar-refractivity contribution in [3.8, 4) is 0 Å². The third kappa shape index (κ3) is 2.07. The summed E-state index contributed by atoms with van der Waals surface area (Å²) in [6, 6.07) is 7.87. The van der Waals surface area contributed by atoms with Gasteiger partial charge < -0.3 is 9.58 Å². The van der Waals surface area contributed by atoms with Gasteiger partial charge in [0.1, 0.15) is 0 Å². The molecule has 0 amide bonds. The van der Waals surface area contributed by atoms with E-state index >= 15 is 0 Å². The summed E-state index contributed by atoms with van der Waals surface area (Å²) in [6.07, 6.45) is 10.1. The number of rotatable bonds is 2. The van der Waals surface area contributed by atoms with Gasteiger partial charge in [-0.15, -0.1) is 0 Å². The summed E-state index contributed by atoms with van der Waals surface area (Å²) in [5, 5.41) is 2.57. The van der Waals surface area contributed by atoms with E-state index in [4.69, 9.17) is 17.4 Å². The van der Waals surface area contributed by atoms with Crippen LogP contribution < -0.4 is 5.84 Å². The van der Waals surface area contributed by atoms with Crippen molar-refractivity contribution in [3.05, 3.63) is 70.9 Å². The van der Waals surface area contributed by atoms with Gasteiger partial charge in [-0.05, 0) is 24.5 Å². The first-order valence-corrected chi connectivity index (χ1v) is 7.83. The van der Waals surface area contributed by atoms with E-state index < -0.39 is 0 Å². The van der Waals surface area contributed by atoms with Gasteiger partial charge in [0.2, 0.25) is 0 Å². The standard InChI is InChI=1S/C17H17ClN4/c18-15-7-2-1-5-14(15)16(21-9-8-20-11-21)17-13-6-3-4-12(13)10-22(17)19/h1-2,5-9,11-12H,3-4,10,19H2. The molecule has 1 aromatic carbocycles. The number of aromatic nitrogens is 2. The fourth-order valence-corrected chi connectivity index (χ4v) is 3.67. The second-order valence-corrected chi connectivity index (χ2v) is 6.14. The Kier molecular flexibility index (Phi) is 3.28. The summed E-state index contributed by atoms with van der Waals surface area (Å²) >= 11 is 6.46. The third-order valence-electron chi connectivity index (χ3n) is 4.41. The van der Waals surface area contributed by atoms with Gasteiger partial charge in [-0.2, -0.15) is 0 Å². The van der Waals surface area contributed by atoms with Gasteiger partial charge in [-0.3, -0.25) is 0 Å². The van der Waals surface area contributed by atoms with Crippen LogP contribution >= 0.6 is 11.6 Å². The molecule has 4 rings (SSSR count). The van der Waals surface area contributed by atoms with Crippen molar-refractivity contribution < 1.29 is 0 Å². The average molecular weight is 313 g/mol. The van der Waals surface area contributed by atoms with Crippen LogP contribution in [-0.2, 0) is 0 Å². The number of nitrogens with zero attached hydrogens (tertiary/aromatic N) is 3. The van der Waals surface area contributed by atoms with Gasteiger partial charge >= 0.3 is 0 Å². The predicted octanol–water partition coefficient (Wildman–Crippen LogP) is 3.28. The van der Waals surface area contributed by atoms with Crippen LogP contribution in [0.5, 0.6) is 0 Å². The van der Waals surface area contributed by atoms with Gasteiger partial charge in [0.15, 0.2) is 0 Å². The molecule has 1 aromatic heterocycles. The Hall–Kier alpha value is -2.04. The Labute approximate surface area is 134 Å². The molecule has 112 valence electrons. The zero-order valence-electron chi connectivity index (χ0n) is 12.1. The number of hydrogen-bond acceptors (Lipinski definition) is 3. The molecule has 5 heteroatoms. The molecule has 0 radical (unpaired) electrons. The monoisotopic (exact) mass is 312 g/mol. The highest BCUT2D eigenvalue weighted by atomic mass is 35.5. The lowest BCUT2D eigenvalue weighted by atomic mass is 10.0. The van der Waals surface area contributed by atoms with E-state index in [2.05, 4.69) is 11.1 Å². The second kappa shape index (κ2) is 5.30. The van der Waals surface area contributed by atoms with Crippen LogP contribution in [0.1, 0.15) is 18.4 Å². The number of imidazole rings is 1. The van der Waals surface area contributed by atoms with Crippen LogP contribution in [0.3, 0.4) is 0 Å². The fraction of sp³-hybridized carbons (Fsp3) is 0.235. The minimum atomic E-state index is 0.529. The van der Waals surface area contributed by atoms with E-state index in [0.717, 1.165) is 29.9 Å². The summed E-state index contributed by atoms with van der Waals surface area (Å²) in [5.74, 6) is 6.85. The zero-order chi connectivity index (χ0) is 15.1. The number of fused-ring (bicyclic) bond motifs is 1. The van der Waals surface area contributed by atoms with Crippen LogP contribution in [-0.4, -0.2) is 21.1 Å². The van der Waals surface area contributed by atoms with E-state index in [9.17, 15) is 0 Å². The molecule has 2 aromatic rings. The lowest BCUT2D eigenvalue weighted by molar-refractivity contribution is 0.375. The third-order valence-corrected chi connectivity index (χ3v) is 4.74. The first-order valence-electron chi connectivity index (χ1n) is 7.46. The molecule has 1 saturated heterocycles. The van der Waals surface area contributed by atoms with Crippen molar-refractivity contribution >= 4 is 17.3 Å². The summed E-state index contributed by atoms with van der Waals surface area (Å²) in [5.41, 5.74) is 4.38. The van der Waals surface area contributed by atoms with Gasteiger partial charge in [0, 0.05) is 35.4 Å². The smallest absolute Gasteiger partial charge is 0.0992 e. The molecule has 0 bridgehead atoms. The Morgan fingerprint density at radius 3 is 2.95 bits per heavy atom. The van der Waals surface area contributed by atoms with E-state index in [-0.39, 0.29) is 0 Å². The summed E-state index contributed by atoms with van der Waals surface area (Å²) in [4.78, 5) is 4.19. The van der Waals surface area contributed by atoms with E-state index in [1.54, 1.807) is 12.5 Å². The first kappa shape index (κ1) is 13.6. The number of benzene rings is 1. The molecule has 1 atom stereocenters. The maximum atomic E-state index is 6.46. The SMILES string of the molecule is NN1CC2CCC=C2C1=C(c1ccccc1Cl)n1ccnc1. The maximum absolute atomic E-state index is 6.46. The predicted molar refractivity (Wildman–Crippen MR) is 87.7 cm³/mol. The molecule has 2 heterocycles. The molecule has 4 nitrogen and oxygen atoms in total. The lowest BCUT2D eigenvalue weighted by Gasteiger charge is -2.20. The Morgan fingerprint density at radius 1 is 1.32 bits per heavy atom. The van der Waals surface area contributed by atoms with Crippen molar-refractivity contribution in [2.75, 3.05) is 6.54 Å². The molecule has 2 N–H and O–H groups in total. The molecule has 0 saturated carbocycles. The highest BCUT2D eigenvalue weighted by Gasteiger charge is 2.35. The number of hydrazine groups is 1. The minimum absolute atomic E-state index is 0.529. The molecule has 1 aliphatic carbocycles. The molecule has 1 aliphatic heterocycles. The number of nitrogens with two attached hydrogens (primary N) is 1. The zero-order valence-corrected chi connectivity index (χ0v) is 12.9. The fourth-order valence-electron chi connectivity index (χ4n) is 3.44. The normalized spacial score (nSPS) is 22.7. The van der Waals surface area contributed by atoms with Crippen molar-refractivity contribution in [1.29, 1.82) is 0 Å². The lowest BCUT2D eigenvalue weighted by Crippen LogP contribution is -2.28. The number of halogens is 1. The van der Waals surface area contributed by atoms with Gasteiger partial charge in [0.25, 0.3) is 0 Å². The maximum Gasteiger partial charge on any atom is 0.0992 e. The van der Waals surface area contributed by atoms with Crippen LogP contribution in [0, 0.1) is 5.92 Å². The minimum Gasteiger partial charge on any atom is -0.308 e.